The molecule has 2 N–H and O–H groups in total. The quantitative estimate of drug-likeness (QED) is 0.442. The first-order chi connectivity index (χ1) is 6.59. The molecule has 14 heavy (non-hydrogen) atoms. The third-order valence-electron chi connectivity index (χ3n) is 1.64. The number of nitrogen functional groups attached to an aromatic ring is 1. The van der Waals surface area contributed by atoms with Crippen LogP contribution in [0.1, 0.15) is 17.3 Å². The largest absolute Gasteiger partial charge is 0.457 e. The third kappa shape index (κ3) is 2.90. The molecule has 0 amide bonds. The molecule has 0 spiro atoms. The second-order valence-electron chi connectivity index (χ2n) is 2.83. The van der Waals surface area contributed by atoms with Crippen LogP contribution in [0.3, 0.4) is 0 Å². The predicted octanol–water partition coefficient (Wildman–Crippen LogP) is 1.01. The summed E-state index contributed by atoms with van der Waals surface area (Å²) in [5, 5.41) is 0. The Labute approximate surface area is 81.7 Å². The maximum Gasteiger partial charge on any atom is 0.303 e. The molecule has 74 valence electrons. The average Bonchev–Trinajstić information content (AvgIpc) is 2.15. The highest BCUT2D eigenvalue weighted by molar-refractivity contribution is 5.98. The zero-order valence-electron chi connectivity index (χ0n) is 7.82. The smallest absolute Gasteiger partial charge is 0.303 e. The Kier molecular flexibility index (Phi) is 3.23. The Bertz CT molecular complexity index is 343. The number of ether oxygens (including phenoxy) is 1. The van der Waals surface area contributed by atoms with Crippen LogP contribution >= 0.6 is 0 Å². The number of Topliss-reactive ketones (excluding diaryl/α,β-unsaturated/α-hetero) is 1. The van der Waals surface area contributed by atoms with Gasteiger partial charge in [0, 0.05) is 18.2 Å². The molecule has 0 saturated heterocycles. The molecule has 0 bridgehead atoms. The SMILES string of the molecule is CC(=O)OCC(=O)c1ccc(N)cc1. The molecule has 1 aromatic carbocycles. The normalized spacial score (nSPS) is 9.50. The van der Waals surface area contributed by atoms with Crippen molar-refractivity contribution in [1.82, 2.24) is 0 Å². The van der Waals surface area contributed by atoms with Crippen LogP contribution < -0.4 is 5.73 Å². The van der Waals surface area contributed by atoms with E-state index in [1.165, 1.54) is 6.92 Å². The second-order valence-corrected chi connectivity index (χ2v) is 2.83. The van der Waals surface area contributed by atoms with Crippen LogP contribution in [-0.2, 0) is 9.53 Å². The van der Waals surface area contributed by atoms with Crippen molar-refractivity contribution in [3.63, 3.8) is 0 Å². The van der Waals surface area contributed by atoms with Crippen molar-refractivity contribution >= 4 is 17.4 Å². The van der Waals surface area contributed by atoms with Crippen molar-refractivity contribution < 1.29 is 14.3 Å². The van der Waals surface area contributed by atoms with Gasteiger partial charge in [0.25, 0.3) is 0 Å². The van der Waals surface area contributed by atoms with E-state index in [0.29, 0.717) is 11.3 Å². The molecule has 0 aliphatic heterocycles. The number of ketones is 1. The van der Waals surface area contributed by atoms with Gasteiger partial charge in [-0.05, 0) is 24.3 Å². The Morgan fingerprint density at radius 2 is 1.86 bits per heavy atom. The molecule has 0 aliphatic carbocycles. The molecule has 0 saturated carbocycles. The van der Waals surface area contributed by atoms with Crippen LogP contribution in [-0.4, -0.2) is 18.4 Å². The fourth-order valence-electron chi connectivity index (χ4n) is 0.920. The maximum absolute atomic E-state index is 11.3. The minimum Gasteiger partial charge on any atom is -0.457 e. The monoisotopic (exact) mass is 193 g/mol. The fourth-order valence-corrected chi connectivity index (χ4v) is 0.920. The lowest BCUT2D eigenvalue weighted by atomic mass is 10.1. The maximum atomic E-state index is 11.3. The number of hydrogen-bond acceptors (Lipinski definition) is 4. The Balaban J connectivity index is 2.61. The van der Waals surface area contributed by atoms with E-state index in [2.05, 4.69) is 4.74 Å². The zero-order valence-corrected chi connectivity index (χ0v) is 7.82. The summed E-state index contributed by atoms with van der Waals surface area (Å²) in [6, 6.07) is 6.45. The van der Waals surface area contributed by atoms with E-state index in [1.807, 2.05) is 0 Å². The number of hydrogen-bond donors (Lipinski definition) is 1. The fraction of sp³-hybridized carbons (Fsp3) is 0.200. The van der Waals surface area contributed by atoms with Crippen LogP contribution in [0.15, 0.2) is 24.3 Å². The molecule has 0 radical (unpaired) electrons. The van der Waals surface area contributed by atoms with Gasteiger partial charge in [0.1, 0.15) is 0 Å². The van der Waals surface area contributed by atoms with Crippen molar-refractivity contribution in [3.05, 3.63) is 29.8 Å². The first kappa shape index (κ1) is 10.2. The first-order valence-electron chi connectivity index (χ1n) is 4.11. The van der Waals surface area contributed by atoms with E-state index < -0.39 is 5.97 Å². The van der Waals surface area contributed by atoms with Crippen LogP contribution in [0.4, 0.5) is 5.69 Å². The molecule has 1 rings (SSSR count). The number of benzene rings is 1. The summed E-state index contributed by atoms with van der Waals surface area (Å²) in [7, 11) is 0. The first-order valence-corrected chi connectivity index (χ1v) is 4.11. The van der Waals surface area contributed by atoms with E-state index >= 15 is 0 Å². The van der Waals surface area contributed by atoms with Gasteiger partial charge in [-0.2, -0.15) is 0 Å². The second kappa shape index (κ2) is 4.41. The van der Waals surface area contributed by atoms with Crippen LogP contribution in [0.25, 0.3) is 0 Å². The van der Waals surface area contributed by atoms with Crippen LogP contribution in [0.2, 0.25) is 0 Å². The molecular weight excluding hydrogens is 182 g/mol. The minimum atomic E-state index is -0.464. The summed E-state index contributed by atoms with van der Waals surface area (Å²) in [4.78, 5) is 21.8. The number of carbonyl (C=O) groups excluding carboxylic acids is 2. The van der Waals surface area contributed by atoms with Crippen molar-refractivity contribution in [1.29, 1.82) is 0 Å². The number of rotatable bonds is 3. The lowest BCUT2D eigenvalue weighted by Crippen LogP contribution is -2.11. The molecular formula is C10H11NO3. The predicted molar refractivity (Wildman–Crippen MR) is 51.8 cm³/mol. The van der Waals surface area contributed by atoms with E-state index in [-0.39, 0.29) is 12.4 Å². The molecule has 4 heteroatoms. The summed E-state index contributed by atoms with van der Waals surface area (Å²) in [6.07, 6.45) is 0. The van der Waals surface area contributed by atoms with E-state index in [1.54, 1.807) is 24.3 Å². The Hall–Kier alpha value is -1.84. The molecule has 1 aromatic rings. The Morgan fingerprint density at radius 1 is 1.29 bits per heavy atom. The van der Waals surface area contributed by atoms with Gasteiger partial charge in [0.2, 0.25) is 0 Å². The lowest BCUT2D eigenvalue weighted by molar-refractivity contribution is -0.139. The van der Waals surface area contributed by atoms with Crippen LogP contribution in [0, 0.1) is 0 Å². The van der Waals surface area contributed by atoms with Gasteiger partial charge >= 0.3 is 5.97 Å². The van der Waals surface area contributed by atoms with Crippen molar-refractivity contribution in [3.8, 4) is 0 Å². The number of anilines is 1. The van der Waals surface area contributed by atoms with E-state index in [9.17, 15) is 9.59 Å². The number of carbonyl (C=O) groups is 2. The Morgan fingerprint density at radius 3 is 2.36 bits per heavy atom. The van der Waals surface area contributed by atoms with E-state index in [0.717, 1.165) is 0 Å². The highest BCUT2D eigenvalue weighted by Gasteiger charge is 2.06. The van der Waals surface area contributed by atoms with Gasteiger partial charge in [-0.25, -0.2) is 0 Å². The molecule has 0 unspecified atom stereocenters. The summed E-state index contributed by atoms with van der Waals surface area (Å²) in [5.74, 6) is -0.700. The summed E-state index contributed by atoms with van der Waals surface area (Å²) < 4.78 is 4.57. The van der Waals surface area contributed by atoms with Gasteiger partial charge in [0.05, 0.1) is 0 Å². The minimum absolute atomic E-state index is 0.223. The third-order valence-corrected chi connectivity index (χ3v) is 1.64. The van der Waals surface area contributed by atoms with Gasteiger partial charge in [-0.15, -0.1) is 0 Å². The average molecular weight is 193 g/mol. The molecule has 0 heterocycles. The summed E-state index contributed by atoms with van der Waals surface area (Å²) in [6.45, 7) is 1.04. The standard InChI is InChI=1S/C10H11NO3/c1-7(12)14-6-10(13)8-2-4-9(11)5-3-8/h2-5H,6,11H2,1H3. The highest BCUT2D eigenvalue weighted by atomic mass is 16.5. The van der Waals surface area contributed by atoms with E-state index in [4.69, 9.17) is 5.73 Å². The van der Waals surface area contributed by atoms with Gasteiger partial charge in [-0.1, -0.05) is 0 Å². The van der Waals surface area contributed by atoms with Gasteiger partial charge in [-0.3, -0.25) is 9.59 Å². The zero-order chi connectivity index (χ0) is 10.6. The number of nitrogens with two attached hydrogens (primary N) is 1. The molecule has 0 fully saturated rings. The highest BCUT2D eigenvalue weighted by Crippen LogP contribution is 2.06. The van der Waals surface area contributed by atoms with Gasteiger partial charge < -0.3 is 10.5 Å². The van der Waals surface area contributed by atoms with Crippen LogP contribution in [0.5, 0.6) is 0 Å². The topological polar surface area (TPSA) is 69.4 Å². The molecule has 4 nitrogen and oxygen atoms in total. The van der Waals surface area contributed by atoms with Crippen molar-refractivity contribution in [2.24, 2.45) is 0 Å². The number of esters is 1. The van der Waals surface area contributed by atoms with Crippen molar-refractivity contribution in [2.75, 3.05) is 12.3 Å². The van der Waals surface area contributed by atoms with Gasteiger partial charge in [0.15, 0.2) is 12.4 Å². The molecule has 0 atom stereocenters. The summed E-state index contributed by atoms with van der Waals surface area (Å²) >= 11 is 0. The van der Waals surface area contributed by atoms with Crippen molar-refractivity contribution in [2.45, 2.75) is 6.92 Å². The summed E-state index contributed by atoms with van der Waals surface area (Å²) in [5.41, 5.74) is 6.53. The lowest BCUT2D eigenvalue weighted by Gasteiger charge is -2.01. The molecule has 0 aliphatic rings. The molecule has 0 aromatic heterocycles.